The maximum absolute atomic E-state index is 13.9. The van der Waals surface area contributed by atoms with Gasteiger partial charge in [-0.3, -0.25) is 9.59 Å². The van der Waals surface area contributed by atoms with Gasteiger partial charge in [-0.15, -0.1) is 0 Å². The number of carboxylic acid groups (broad SMARTS) is 1. The van der Waals surface area contributed by atoms with Crippen molar-refractivity contribution in [2.45, 2.75) is 99.6 Å². The molecule has 6 rings (SSSR count). The highest BCUT2D eigenvalue weighted by Gasteiger charge is 2.51. The van der Waals surface area contributed by atoms with E-state index in [9.17, 15) is 55.2 Å². The molecule has 4 aliphatic rings. The summed E-state index contributed by atoms with van der Waals surface area (Å²) in [5.41, 5.74) is 3.53. The van der Waals surface area contributed by atoms with Crippen molar-refractivity contribution in [2.24, 2.45) is 5.73 Å². The van der Waals surface area contributed by atoms with Gasteiger partial charge < -0.3 is 70.3 Å². The monoisotopic (exact) mass is 705 g/mol. The molecule has 2 aliphatic heterocycles. The molecular weight excluding hydrogens is 666 g/mol. The maximum Gasteiger partial charge on any atom is 0.335 e. The third-order valence-electron chi connectivity index (χ3n) is 9.87. The van der Waals surface area contributed by atoms with Gasteiger partial charge in [0.05, 0.1) is 41.6 Å². The minimum absolute atomic E-state index is 0.0450. The lowest BCUT2D eigenvalue weighted by molar-refractivity contribution is -0.328. The van der Waals surface area contributed by atoms with E-state index in [1.165, 1.54) is 32.2 Å². The summed E-state index contributed by atoms with van der Waals surface area (Å²) < 4.78 is 28.5. The number of benzene rings is 2. The second kappa shape index (κ2) is 13.4. The quantitative estimate of drug-likeness (QED) is 0.124. The molecule has 2 saturated heterocycles. The molecule has 2 fully saturated rings. The van der Waals surface area contributed by atoms with Crippen LogP contribution in [0.3, 0.4) is 0 Å². The number of carbonyl (C=O) groups is 3. The maximum atomic E-state index is 13.9. The number of fused-ring (bicyclic) bond motifs is 3. The van der Waals surface area contributed by atoms with Gasteiger partial charge in [-0.05, 0) is 19.4 Å². The Kier molecular flexibility index (Phi) is 9.68. The zero-order chi connectivity index (χ0) is 36.4. The van der Waals surface area contributed by atoms with Crippen molar-refractivity contribution < 1.29 is 78.9 Å². The summed E-state index contributed by atoms with van der Waals surface area (Å²) in [7, 11) is 1.31. The minimum atomic E-state index is -1.93. The van der Waals surface area contributed by atoms with Crippen LogP contribution in [-0.2, 0) is 30.2 Å². The summed E-state index contributed by atoms with van der Waals surface area (Å²) in [6.45, 7) is 1.08. The van der Waals surface area contributed by atoms with Gasteiger partial charge in [-0.2, -0.15) is 0 Å². The topological polar surface area (TPSA) is 285 Å². The molecule has 0 radical (unpaired) electrons. The van der Waals surface area contributed by atoms with Crippen LogP contribution in [0.1, 0.15) is 75.3 Å². The number of methoxy groups -OCH3 is 1. The molecule has 2 aromatic carbocycles. The number of phenolic OH excluding ortho intramolecular Hbond substituents is 2. The first kappa shape index (κ1) is 36.1. The molecule has 0 spiro atoms. The predicted molar refractivity (Wildman–Crippen MR) is 165 cm³/mol. The molecule has 2 aromatic rings. The smallest absolute Gasteiger partial charge is 0.335 e. The molecule has 0 unspecified atom stereocenters. The lowest BCUT2D eigenvalue weighted by atomic mass is 9.72. The normalized spacial score (nSPS) is 35.2. The largest absolute Gasteiger partial charge is 0.507 e. The van der Waals surface area contributed by atoms with Crippen LogP contribution >= 0.6 is 0 Å². The molecule has 0 bridgehead atoms. The second-order valence-corrected chi connectivity index (χ2v) is 13.1. The van der Waals surface area contributed by atoms with Crippen molar-refractivity contribution in [3.8, 4) is 17.2 Å². The molecule has 17 nitrogen and oxygen atoms in total. The summed E-state index contributed by atoms with van der Waals surface area (Å²) in [6, 6.07) is 3.44. The lowest BCUT2D eigenvalue weighted by Gasteiger charge is -2.45. The number of carbonyl (C=O) groups excluding carboxylic acids is 2. The van der Waals surface area contributed by atoms with Crippen molar-refractivity contribution in [3.05, 3.63) is 51.6 Å². The molecule has 0 aromatic heterocycles. The number of aliphatic hydroxyl groups excluding tert-OH is 4. The fraction of sp³-hybridized carbons (Fsp3) is 0.545. The van der Waals surface area contributed by atoms with Crippen LogP contribution < -0.4 is 10.5 Å². The minimum Gasteiger partial charge on any atom is -0.507 e. The summed E-state index contributed by atoms with van der Waals surface area (Å²) in [4.78, 5) is 39.1. The van der Waals surface area contributed by atoms with E-state index in [2.05, 4.69) is 0 Å². The number of aliphatic carboxylic acids is 1. The summed E-state index contributed by atoms with van der Waals surface area (Å²) in [5, 5.41) is 84.5. The third kappa shape index (κ3) is 5.92. The summed E-state index contributed by atoms with van der Waals surface area (Å²) in [6.07, 6.45) is -14.5. The van der Waals surface area contributed by atoms with E-state index in [-0.39, 0.29) is 53.7 Å². The van der Waals surface area contributed by atoms with E-state index in [1.807, 2.05) is 0 Å². The highest BCUT2D eigenvalue weighted by Crippen LogP contribution is 2.53. The van der Waals surface area contributed by atoms with Crippen molar-refractivity contribution in [1.82, 2.24) is 0 Å². The number of rotatable bonds is 8. The molecule has 17 heteroatoms. The lowest BCUT2D eigenvalue weighted by Crippen LogP contribution is -2.63. The molecule has 50 heavy (non-hydrogen) atoms. The standard InChI is InChI=1S/C33H39NO16/c1-11-29(49-32-28(42)26(40)27(41)30(50-32)31(43)44)14(34)8-17(47-11)48-16-10-33(45,6-7-35)9-13-19(16)25(39)21-20(23(13)37)22(36)12-4-3-5-15(46-2)18(12)24(21)38/h3-5,11,14,16-17,26-30,32,35,37,39-42,45H,6-10,34H2,1-2H3,(H,43,44)/t11-,14+,16+,17-,26-,27-,28+,29-,30-,32+,33+/m0/s1. The van der Waals surface area contributed by atoms with E-state index in [0.717, 1.165) is 0 Å². The van der Waals surface area contributed by atoms with Gasteiger partial charge in [0, 0.05) is 48.6 Å². The molecule has 2 aliphatic carbocycles. The fourth-order valence-electron chi connectivity index (χ4n) is 7.39. The van der Waals surface area contributed by atoms with E-state index in [0.29, 0.717) is 0 Å². The first-order chi connectivity index (χ1) is 23.6. The molecule has 272 valence electrons. The van der Waals surface area contributed by atoms with Crippen LogP contribution in [0.4, 0.5) is 0 Å². The molecule has 10 N–H and O–H groups in total. The molecular formula is C33H39NO16. The Labute approximate surface area is 284 Å². The Balaban J connectivity index is 1.30. The number of nitrogens with two attached hydrogens (primary N) is 1. The highest BCUT2D eigenvalue weighted by molar-refractivity contribution is 6.31. The van der Waals surface area contributed by atoms with Gasteiger partial charge in [0.15, 0.2) is 24.5 Å². The highest BCUT2D eigenvalue weighted by atomic mass is 16.7. The predicted octanol–water partition coefficient (Wildman–Crippen LogP) is -1.26. The summed E-state index contributed by atoms with van der Waals surface area (Å²) >= 11 is 0. The van der Waals surface area contributed by atoms with Crippen molar-refractivity contribution in [3.63, 3.8) is 0 Å². The molecule has 0 amide bonds. The Morgan fingerprint density at radius 3 is 2.34 bits per heavy atom. The Bertz CT molecular complexity index is 1690. The zero-order valence-corrected chi connectivity index (χ0v) is 27.0. The number of hydrogen-bond acceptors (Lipinski definition) is 16. The number of aromatic hydroxyl groups is 2. The van der Waals surface area contributed by atoms with E-state index in [1.54, 1.807) is 0 Å². The fourth-order valence-corrected chi connectivity index (χ4v) is 7.39. The van der Waals surface area contributed by atoms with Gasteiger partial charge in [0.25, 0.3) is 0 Å². The molecule has 2 heterocycles. The number of hydrogen-bond donors (Lipinski definition) is 9. The average molecular weight is 706 g/mol. The van der Waals surface area contributed by atoms with Crippen LogP contribution in [0.25, 0.3) is 0 Å². The van der Waals surface area contributed by atoms with Gasteiger partial charge in [-0.1, -0.05) is 12.1 Å². The Morgan fingerprint density at radius 2 is 1.70 bits per heavy atom. The van der Waals surface area contributed by atoms with Crippen LogP contribution in [0.2, 0.25) is 0 Å². The van der Waals surface area contributed by atoms with Crippen molar-refractivity contribution in [1.29, 1.82) is 0 Å². The number of phenols is 2. The van der Waals surface area contributed by atoms with Gasteiger partial charge in [0.1, 0.15) is 41.7 Å². The van der Waals surface area contributed by atoms with Crippen molar-refractivity contribution in [2.75, 3.05) is 13.7 Å². The number of carboxylic acids is 1. The Morgan fingerprint density at radius 1 is 1.00 bits per heavy atom. The van der Waals surface area contributed by atoms with E-state index < -0.39 is 114 Å². The Hall–Kier alpha value is -3.75. The van der Waals surface area contributed by atoms with Crippen LogP contribution in [0.15, 0.2) is 18.2 Å². The number of aliphatic hydroxyl groups is 5. The first-order valence-corrected chi connectivity index (χ1v) is 16.0. The number of ether oxygens (including phenoxy) is 5. The van der Waals surface area contributed by atoms with Gasteiger partial charge in [-0.25, -0.2) is 4.79 Å². The average Bonchev–Trinajstić information content (AvgIpc) is 3.06. The van der Waals surface area contributed by atoms with Gasteiger partial charge >= 0.3 is 5.97 Å². The molecule has 11 atom stereocenters. The van der Waals surface area contributed by atoms with Gasteiger partial charge in [0.2, 0.25) is 5.78 Å². The SMILES string of the molecule is COc1cccc2c1C(=O)c1c(O)c3c(c(O)c1C2=O)C[C@](O)(CCO)C[C@H]3O[C@H]1C[C@@H](N)[C@@H](O[C@@H]2O[C@H](C(=O)O)[C@@H](O)[C@H](O)[C@H]2O)[C@H](C)O1. The first-order valence-electron chi connectivity index (χ1n) is 16.0. The third-order valence-corrected chi connectivity index (χ3v) is 9.87. The van der Waals surface area contributed by atoms with Crippen LogP contribution in [-0.4, -0.2) is 133 Å². The van der Waals surface area contributed by atoms with Crippen molar-refractivity contribution >= 4 is 17.5 Å². The summed E-state index contributed by atoms with van der Waals surface area (Å²) in [5.74, 6) is -4.32. The molecule has 0 saturated carbocycles. The number of ketones is 2. The van der Waals surface area contributed by atoms with Crippen LogP contribution in [0, 0.1) is 0 Å². The second-order valence-electron chi connectivity index (χ2n) is 13.1. The van der Waals surface area contributed by atoms with E-state index >= 15 is 0 Å². The van der Waals surface area contributed by atoms with Crippen LogP contribution in [0.5, 0.6) is 17.2 Å². The zero-order valence-electron chi connectivity index (χ0n) is 27.0. The van der Waals surface area contributed by atoms with E-state index in [4.69, 9.17) is 29.4 Å².